The van der Waals surface area contributed by atoms with E-state index in [1.165, 1.54) is 6.07 Å². The molecule has 0 aliphatic heterocycles. The molecule has 98 valence electrons. The Balaban J connectivity index is 3.11. The lowest BCUT2D eigenvalue weighted by Crippen LogP contribution is -2.14. The first-order valence-electron chi connectivity index (χ1n) is 5.49. The van der Waals surface area contributed by atoms with Gasteiger partial charge in [0, 0.05) is 6.07 Å². The topological polar surface area (TPSA) is 80.4 Å². The molecule has 0 aliphatic rings. The molecule has 1 atom stereocenters. The third-order valence-corrected chi connectivity index (χ3v) is 2.58. The van der Waals surface area contributed by atoms with Crippen molar-refractivity contribution >= 4 is 11.7 Å². The van der Waals surface area contributed by atoms with Crippen molar-refractivity contribution in [1.82, 2.24) is 0 Å². The molecule has 18 heavy (non-hydrogen) atoms. The summed E-state index contributed by atoms with van der Waals surface area (Å²) in [5.41, 5.74) is -0.397. The van der Waals surface area contributed by atoms with Gasteiger partial charge in [0.15, 0.2) is 0 Å². The standard InChI is InChI=1S/C12H14FNO4/c1-7(2)5-9(12(15)16)8-3-4-11(14(17)18)10(13)6-8/h3-4,6-7,9H,5H2,1-2H3,(H,15,16). The normalized spacial score (nSPS) is 12.4. The van der Waals surface area contributed by atoms with Crippen molar-refractivity contribution in [1.29, 1.82) is 0 Å². The van der Waals surface area contributed by atoms with Crippen LogP contribution in [0.5, 0.6) is 0 Å². The highest BCUT2D eigenvalue weighted by molar-refractivity contribution is 5.76. The lowest BCUT2D eigenvalue weighted by atomic mass is 9.90. The highest BCUT2D eigenvalue weighted by Crippen LogP contribution is 2.27. The van der Waals surface area contributed by atoms with Crippen LogP contribution in [0.15, 0.2) is 18.2 Å². The third-order valence-electron chi connectivity index (χ3n) is 2.58. The van der Waals surface area contributed by atoms with Gasteiger partial charge >= 0.3 is 11.7 Å². The summed E-state index contributed by atoms with van der Waals surface area (Å²) >= 11 is 0. The summed E-state index contributed by atoms with van der Waals surface area (Å²) in [6.07, 6.45) is 0.354. The molecule has 6 heteroatoms. The zero-order valence-corrected chi connectivity index (χ0v) is 10.1. The average molecular weight is 255 g/mol. The first-order chi connectivity index (χ1) is 8.32. The number of carboxylic acid groups (broad SMARTS) is 1. The Morgan fingerprint density at radius 1 is 1.50 bits per heavy atom. The second kappa shape index (κ2) is 5.57. The molecule has 0 saturated carbocycles. The summed E-state index contributed by atoms with van der Waals surface area (Å²) < 4.78 is 13.4. The number of rotatable bonds is 5. The van der Waals surface area contributed by atoms with Crippen LogP contribution in [0, 0.1) is 21.8 Å². The number of hydrogen-bond donors (Lipinski definition) is 1. The Labute approximate surface area is 103 Å². The summed E-state index contributed by atoms with van der Waals surface area (Å²) in [4.78, 5) is 20.7. The van der Waals surface area contributed by atoms with Gasteiger partial charge < -0.3 is 5.11 Å². The molecule has 0 heterocycles. The molecule has 1 aromatic rings. The Hall–Kier alpha value is -1.98. The van der Waals surface area contributed by atoms with E-state index < -0.39 is 28.3 Å². The number of nitro benzene ring substituents is 1. The predicted molar refractivity (Wildman–Crippen MR) is 62.9 cm³/mol. The van der Waals surface area contributed by atoms with Gasteiger partial charge in [-0.3, -0.25) is 14.9 Å². The van der Waals surface area contributed by atoms with Gasteiger partial charge in [-0.05, 0) is 24.0 Å². The summed E-state index contributed by atoms with van der Waals surface area (Å²) in [6.45, 7) is 3.72. The highest BCUT2D eigenvalue weighted by atomic mass is 19.1. The molecule has 0 amide bonds. The van der Waals surface area contributed by atoms with Crippen molar-refractivity contribution in [2.24, 2.45) is 5.92 Å². The molecular weight excluding hydrogens is 241 g/mol. The van der Waals surface area contributed by atoms with Gasteiger partial charge in [0.2, 0.25) is 5.82 Å². The van der Waals surface area contributed by atoms with Gasteiger partial charge in [-0.15, -0.1) is 0 Å². The first kappa shape index (κ1) is 14.1. The molecule has 5 nitrogen and oxygen atoms in total. The second-order valence-corrected chi connectivity index (χ2v) is 4.49. The second-order valence-electron chi connectivity index (χ2n) is 4.49. The van der Waals surface area contributed by atoms with Crippen LogP contribution in [-0.4, -0.2) is 16.0 Å². The zero-order chi connectivity index (χ0) is 13.9. The van der Waals surface area contributed by atoms with Crippen molar-refractivity contribution in [2.45, 2.75) is 26.2 Å². The van der Waals surface area contributed by atoms with E-state index >= 15 is 0 Å². The number of halogens is 1. The van der Waals surface area contributed by atoms with Crippen molar-refractivity contribution < 1.29 is 19.2 Å². The molecule has 0 aromatic heterocycles. The fourth-order valence-corrected chi connectivity index (χ4v) is 1.74. The van der Waals surface area contributed by atoms with Crippen molar-refractivity contribution in [3.05, 3.63) is 39.7 Å². The van der Waals surface area contributed by atoms with Gasteiger partial charge in [0.05, 0.1) is 10.8 Å². The SMILES string of the molecule is CC(C)CC(C(=O)O)c1ccc([N+](=O)[O-])c(F)c1. The van der Waals surface area contributed by atoms with E-state index in [4.69, 9.17) is 5.11 Å². The minimum atomic E-state index is -1.06. The van der Waals surface area contributed by atoms with Crippen molar-refractivity contribution in [2.75, 3.05) is 0 Å². The monoisotopic (exact) mass is 255 g/mol. The van der Waals surface area contributed by atoms with E-state index in [0.29, 0.717) is 6.42 Å². The van der Waals surface area contributed by atoms with Gasteiger partial charge in [-0.1, -0.05) is 19.9 Å². The molecular formula is C12H14FNO4. The fraction of sp³-hybridized carbons (Fsp3) is 0.417. The minimum absolute atomic E-state index is 0.129. The number of hydrogen-bond acceptors (Lipinski definition) is 3. The molecule has 1 aromatic carbocycles. The number of carbonyl (C=O) groups is 1. The molecule has 1 N–H and O–H groups in total. The summed E-state index contributed by atoms with van der Waals surface area (Å²) in [5, 5.41) is 19.6. The number of nitro groups is 1. The van der Waals surface area contributed by atoms with E-state index in [1.54, 1.807) is 0 Å². The van der Waals surface area contributed by atoms with E-state index in [2.05, 4.69) is 0 Å². The highest BCUT2D eigenvalue weighted by Gasteiger charge is 2.24. The maximum Gasteiger partial charge on any atom is 0.310 e. The molecule has 1 unspecified atom stereocenters. The summed E-state index contributed by atoms with van der Waals surface area (Å²) in [6, 6.07) is 3.22. The smallest absolute Gasteiger partial charge is 0.310 e. The largest absolute Gasteiger partial charge is 0.481 e. The Morgan fingerprint density at radius 3 is 2.50 bits per heavy atom. The summed E-state index contributed by atoms with van der Waals surface area (Å²) in [7, 11) is 0. The third kappa shape index (κ3) is 3.26. The van der Waals surface area contributed by atoms with Gasteiger partial charge in [0.1, 0.15) is 0 Å². The predicted octanol–water partition coefficient (Wildman–Crippen LogP) is 2.95. The number of carboxylic acids is 1. The average Bonchev–Trinajstić information content (AvgIpc) is 2.24. The molecule has 1 rings (SSSR count). The minimum Gasteiger partial charge on any atom is -0.481 e. The van der Waals surface area contributed by atoms with Gasteiger partial charge in [0.25, 0.3) is 0 Å². The number of benzene rings is 1. The Kier molecular flexibility index (Phi) is 4.36. The quantitative estimate of drug-likeness (QED) is 0.647. The van der Waals surface area contributed by atoms with Crippen molar-refractivity contribution in [3.8, 4) is 0 Å². The maximum absolute atomic E-state index is 13.4. The summed E-state index contributed by atoms with van der Waals surface area (Å²) in [5.74, 6) is -2.78. The van der Waals surface area contributed by atoms with Gasteiger partial charge in [-0.2, -0.15) is 4.39 Å². The molecule has 0 radical (unpaired) electrons. The molecule has 0 aliphatic carbocycles. The fourth-order valence-electron chi connectivity index (χ4n) is 1.74. The molecule has 0 saturated heterocycles. The molecule has 0 bridgehead atoms. The van der Waals surface area contributed by atoms with E-state index in [1.807, 2.05) is 13.8 Å². The van der Waals surface area contributed by atoms with Gasteiger partial charge in [-0.25, -0.2) is 0 Å². The molecule has 0 fully saturated rings. The van der Waals surface area contributed by atoms with Crippen LogP contribution in [0.3, 0.4) is 0 Å². The maximum atomic E-state index is 13.4. The zero-order valence-electron chi connectivity index (χ0n) is 10.1. The lowest BCUT2D eigenvalue weighted by molar-refractivity contribution is -0.387. The van der Waals surface area contributed by atoms with Crippen LogP contribution in [-0.2, 0) is 4.79 Å². The number of aliphatic carboxylic acids is 1. The Morgan fingerprint density at radius 2 is 2.11 bits per heavy atom. The number of nitrogens with zero attached hydrogens (tertiary/aromatic N) is 1. The van der Waals surface area contributed by atoms with Crippen molar-refractivity contribution in [3.63, 3.8) is 0 Å². The van der Waals surface area contributed by atoms with Crippen LogP contribution in [0.4, 0.5) is 10.1 Å². The van der Waals surface area contributed by atoms with Crippen LogP contribution in [0.1, 0.15) is 31.7 Å². The van der Waals surface area contributed by atoms with E-state index in [-0.39, 0.29) is 11.5 Å². The first-order valence-corrected chi connectivity index (χ1v) is 5.49. The van der Waals surface area contributed by atoms with E-state index in [0.717, 1.165) is 12.1 Å². The van der Waals surface area contributed by atoms with E-state index in [9.17, 15) is 19.3 Å². The van der Waals surface area contributed by atoms with Crippen LogP contribution in [0.25, 0.3) is 0 Å². The van der Waals surface area contributed by atoms with Crippen LogP contribution >= 0.6 is 0 Å². The Bertz CT molecular complexity index is 473. The van der Waals surface area contributed by atoms with Crippen LogP contribution in [0.2, 0.25) is 0 Å². The lowest BCUT2D eigenvalue weighted by Gasteiger charge is -2.14. The van der Waals surface area contributed by atoms with Crippen LogP contribution < -0.4 is 0 Å². The molecule has 0 spiro atoms.